The van der Waals surface area contributed by atoms with Crippen molar-refractivity contribution in [2.24, 2.45) is 0 Å². The molecule has 0 aliphatic heterocycles. The number of aliphatic hydroxyl groups excluding tert-OH is 1. The van der Waals surface area contributed by atoms with Crippen LogP contribution in [-0.2, 0) is 20.7 Å². The molecular weight excluding hydrogens is 407 g/mol. The maximum Gasteiger partial charge on any atom is 0.343 e. The number of halogens is 2. The van der Waals surface area contributed by atoms with Crippen molar-refractivity contribution in [1.29, 1.82) is 0 Å². The summed E-state index contributed by atoms with van der Waals surface area (Å²) in [6.07, 6.45) is 0.501. The average molecular weight is 427 g/mol. The molecule has 0 saturated carbocycles. The lowest BCUT2D eigenvalue weighted by molar-refractivity contribution is -0.142. The van der Waals surface area contributed by atoms with Crippen LogP contribution in [0, 0.1) is 0 Å². The molecule has 2 rings (SSSR count). The highest BCUT2D eigenvalue weighted by molar-refractivity contribution is 6.33. The van der Waals surface area contributed by atoms with E-state index in [2.05, 4.69) is 9.72 Å². The molecule has 2 aromatic rings. The highest BCUT2D eigenvalue weighted by Gasteiger charge is 2.23. The van der Waals surface area contributed by atoms with Gasteiger partial charge in [-0.3, -0.25) is 4.79 Å². The molecule has 9 heteroatoms. The van der Waals surface area contributed by atoms with Gasteiger partial charge in [0, 0.05) is 6.04 Å². The Labute approximate surface area is 172 Å². The fourth-order valence-electron chi connectivity index (χ4n) is 2.67. The molecule has 1 atom stereocenters. The van der Waals surface area contributed by atoms with Gasteiger partial charge in [0.1, 0.15) is 22.7 Å². The van der Waals surface area contributed by atoms with E-state index in [0.717, 1.165) is 5.56 Å². The predicted octanol–water partition coefficient (Wildman–Crippen LogP) is 2.90. The molecule has 150 valence electrons. The van der Waals surface area contributed by atoms with Crippen LogP contribution in [0.5, 0.6) is 5.75 Å². The van der Waals surface area contributed by atoms with Crippen molar-refractivity contribution in [3.63, 3.8) is 0 Å². The second-order valence-electron chi connectivity index (χ2n) is 5.95. The molecule has 0 saturated heterocycles. The van der Waals surface area contributed by atoms with Crippen molar-refractivity contribution >= 4 is 40.8 Å². The molecular formula is C19H20Cl2N2O5. The summed E-state index contributed by atoms with van der Waals surface area (Å²) in [6.45, 7) is 1.02. The van der Waals surface area contributed by atoms with Crippen LogP contribution in [0.3, 0.4) is 0 Å². The van der Waals surface area contributed by atoms with E-state index < -0.39 is 18.5 Å². The molecule has 0 fully saturated rings. The smallest absolute Gasteiger partial charge is 0.343 e. The lowest BCUT2D eigenvalue weighted by atomic mass is 10.0. The summed E-state index contributed by atoms with van der Waals surface area (Å²) in [6, 6.07) is 9.85. The van der Waals surface area contributed by atoms with Crippen LogP contribution in [0.2, 0.25) is 10.3 Å². The Morgan fingerprint density at radius 1 is 1.18 bits per heavy atom. The fourth-order valence-corrected chi connectivity index (χ4v) is 3.12. The third-order valence-corrected chi connectivity index (χ3v) is 4.30. The number of carbonyl (C=O) groups excluding carboxylic acids is 2. The molecule has 0 spiro atoms. The van der Waals surface area contributed by atoms with Gasteiger partial charge in [0.05, 0.1) is 12.8 Å². The lowest BCUT2D eigenvalue weighted by Crippen LogP contribution is -2.41. The maximum atomic E-state index is 12.3. The Hall–Kier alpha value is -2.35. The summed E-state index contributed by atoms with van der Waals surface area (Å²) < 4.78 is 9.83. The van der Waals surface area contributed by atoms with Gasteiger partial charge in [0.25, 0.3) is 5.91 Å². The number of nitrogens with zero attached hydrogens (tertiary/aromatic N) is 2. The number of hydrogen-bond donors (Lipinski definition) is 1. The molecule has 7 nitrogen and oxygen atoms in total. The van der Waals surface area contributed by atoms with Gasteiger partial charge >= 0.3 is 5.97 Å². The van der Waals surface area contributed by atoms with E-state index in [1.807, 2.05) is 19.1 Å². The molecule has 0 aliphatic rings. The number of rotatable bonds is 8. The summed E-state index contributed by atoms with van der Waals surface area (Å²) in [5.74, 6) is -0.424. The molecule has 1 N–H and O–H groups in total. The maximum absolute atomic E-state index is 12.3. The van der Waals surface area contributed by atoms with Gasteiger partial charge in [-0.15, -0.1) is 0 Å². The number of ether oxygens (including phenoxy) is 2. The third-order valence-electron chi connectivity index (χ3n) is 3.91. The van der Waals surface area contributed by atoms with Gasteiger partial charge in [0.2, 0.25) is 0 Å². The van der Waals surface area contributed by atoms with E-state index >= 15 is 0 Å². The Morgan fingerprint density at radius 3 is 2.32 bits per heavy atom. The zero-order valence-corrected chi connectivity index (χ0v) is 16.9. The normalized spacial score (nSPS) is 11.6. The Balaban J connectivity index is 2.13. The van der Waals surface area contributed by atoms with Gasteiger partial charge in [-0.05, 0) is 43.2 Å². The van der Waals surface area contributed by atoms with Gasteiger partial charge in [-0.25, -0.2) is 9.78 Å². The van der Waals surface area contributed by atoms with Gasteiger partial charge in [-0.2, -0.15) is 0 Å². The molecule has 1 unspecified atom stereocenters. The van der Waals surface area contributed by atoms with E-state index in [-0.39, 0.29) is 23.0 Å². The van der Waals surface area contributed by atoms with Crippen LogP contribution in [-0.4, -0.2) is 48.3 Å². The number of methoxy groups -OCH3 is 1. The number of aliphatic hydroxyl groups is 1. The highest BCUT2D eigenvalue weighted by Crippen LogP contribution is 2.26. The molecule has 0 radical (unpaired) electrons. The first-order chi connectivity index (χ1) is 13.3. The first-order valence-corrected chi connectivity index (χ1v) is 9.14. The monoisotopic (exact) mass is 426 g/mol. The molecule has 1 aromatic carbocycles. The topological polar surface area (TPSA) is 89.0 Å². The van der Waals surface area contributed by atoms with Crippen molar-refractivity contribution in [2.45, 2.75) is 19.4 Å². The third kappa shape index (κ3) is 6.09. The second-order valence-corrected chi connectivity index (χ2v) is 6.73. The Bertz CT molecular complexity index is 809. The lowest BCUT2D eigenvalue weighted by Gasteiger charge is -2.29. The first-order valence-electron chi connectivity index (χ1n) is 8.38. The fraction of sp³-hybridized carbons (Fsp3) is 0.316. The van der Waals surface area contributed by atoms with Crippen LogP contribution in [0.1, 0.15) is 12.5 Å². The summed E-state index contributed by atoms with van der Waals surface area (Å²) in [5.41, 5.74) is 1.38. The molecule has 1 heterocycles. The predicted molar refractivity (Wildman–Crippen MR) is 106 cm³/mol. The highest BCUT2D eigenvalue weighted by atomic mass is 35.5. The number of esters is 1. The van der Waals surface area contributed by atoms with E-state index in [9.17, 15) is 14.7 Å². The number of anilines is 1. The average Bonchev–Trinajstić information content (AvgIpc) is 2.66. The molecule has 28 heavy (non-hydrogen) atoms. The van der Waals surface area contributed by atoms with E-state index in [1.165, 1.54) is 24.1 Å². The SMILES string of the molecule is COC(=O)COc1ccc(CC(C)N(C(=O)CO)c2cc(Cl)nc(Cl)c2)cc1. The second kappa shape index (κ2) is 10.3. The van der Waals surface area contributed by atoms with Crippen molar-refractivity contribution in [3.8, 4) is 5.75 Å². The zero-order chi connectivity index (χ0) is 20.7. The number of benzene rings is 1. The van der Waals surface area contributed by atoms with Crippen LogP contribution in [0.4, 0.5) is 5.69 Å². The standard InChI is InChI=1S/C19H20Cl2N2O5/c1-12(7-13-3-5-15(6-4-13)28-11-19(26)27-2)23(18(25)10-24)14-8-16(20)22-17(21)9-14/h3-6,8-9,12,24H,7,10-11H2,1-2H3. The van der Waals surface area contributed by atoms with Crippen molar-refractivity contribution < 1.29 is 24.2 Å². The minimum Gasteiger partial charge on any atom is -0.482 e. The van der Waals surface area contributed by atoms with E-state index in [0.29, 0.717) is 17.9 Å². The van der Waals surface area contributed by atoms with Crippen molar-refractivity contribution in [2.75, 3.05) is 25.2 Å². The molecule has 1 amide bonds. The number of carbonyl (C=O) groups is 2. The summed E-state index contributed by atoms with van der Waals surface area (Å²) in [4.78, 5) is 28.7. The van der Waals surface area contributed by atoms with Crippen molar-refractivity contribution in [1.82, 2.24) is 4.98 Å². The minimum atomic E-state index is -0.651. The van der Waals surface area contributed by atoms with Crippen LogP contribution >= 0.6 is 23.2 Å². The number of hydrogen-bond acceptors (Lipinski definition) is 6. The number of pyridine rings is 1. The summed E-state index contributed by atoms with van der Waals surface area (Å²) in [7, 11) is 1.29. The Kier molecular flexibility index (Phi) is 8.04. The van der Waals surface area contributed by atoms with Gasteiger partial charge < -0.3 is 19.5 Å². The first kappa shape index (κ1) is 21.9. The van der Waals surface area contributed by atoms with Crippen LogP contribution in [0.15, 0.2) is 36.4 Å². The van der Waals surface area contributed by atoms with Crippen LogP contribution < -0.4 is 9.64 Å². The summed E-state index contributed by atoms with van der Waals surface area (Å²) >= 11 is 11.9. The van der Waals surface area contributed by atoms with E-state index in [4.69, 9.17) is 27.9 Å². The quantitative estimate of drug-likeness (QED) is 0.515. The number of amides is 1. The molecule has 0 aliphatic carbocycles. The van der Waals surface area contributed by atoms with Crippen molar-refractivity contribution in [3.05, 3.63) is 52.3 Å². The van der Waals surface area contributed by atoms with Gasteiger partial charge in [-0.1, -0.05) is 35.3 Å². The number of aromatic nitrogens is 1. The summed E-state index contributed by atoms with van der Waals surface area (Å²) in [5, 5.41) is 9.65. The molecule has 0 bridgehead atoms. The Morgan fingerprint density at radius 2 is 1.79 bits per heavy atom. The zero-order valence-electron chi connectivity index (χ0n) is 15.4. The molecule has 1 aromatic heterocycles. The van der Waals surface area contributed by atoms with Crippen LogP contribution in [0.25, 0.3) is 0 Å². The largest absolute Gasteiger partial charge is 0.482 e. The van der Waals surface area contributed by atoms with Gasteiger partial charge in [0.15, 0.2) is 6.61 Å². The minimum absolute atomic E-state index is 0.151. The van der Waals surface area contributed by atoms with E-state index in [1.54, 1.807) is 12.1 Å².